The molecule has 0 aromatic heterocycles. The molecule has 1 aliphatic heterocycles. The molecule has 2 N–H and O–H groups in total. The zero-order valence-electron chi connectivity index (χ0n) is 3.52. The monoisotopic (exact) mass is 100 g/mol. The number of hydrogen-bond donors (Lipinski definition) is 2. The van der Waals surface area contributed by atoms with Gasteiger partial charge in [0.1, 0.15) is 5.82 Å². The van der Waals surface area contributed by atoms with Crippen LogP contribution in [0.2, 0.25) is 0 Å². The van der Waals surface area contributed by atoms with Crippen molar-refractivity contribution in [3.8, 4) is 0 Å². The first kappa shape index (κ1) is 3.98. The molecule has 0 aromatic rings. The quantitative estimate of drug-likeness (QED) is 0.439. The molecule has 38 valence electrons. The van der Waals surface area contributed by atoms with Gasteiger partial charge >= 0.3 is 6.09 Å². The Morgan fingerprint density at radius 2 is 2.43 bits per heavy atom. The number of carbonyl (C=O) groups is 1. The number of carbonyl (C=O) groups excluding carboxylic acids is 1. The van der Waals surface area contributed by atoms with E-state index >= 15 is 0 Å². The van der Waals surface area contributed by atoms with E-state index in [4.69, 9.17) is 0 Å². The van der Waals surface area contributed by atoms with E-state index in [-0.39, 0.29) is 0 Å². The molecule has 1 aliphatic rings. The van der Waals surface area contributed by atoms with E-state index in [9.17, 15) is 4.79 Å². The molecule has 0 atom stereocenters. The van der Waals surface area contributed by atoms with Crippen LogP contribution in [-0.4, -0.2) is 6.09 Å². The van der Waals surface area contributed by atoms with Crippen LogP contribution in [0.1, 0.15) is 0 Å². The molecule has 1 amide bonds. The van der Waals surface area contributed by atoms with Gasteiger partial charge in [0.15, 0.2) is 0 Å². The second-order valence-corrected chi connectivity index (χ2v) is 1.10. The maximum atomic E-state index is 10.00. The lowest BCUT2D eigenvalue weighted by Gasteiger charge is -1.83. The summed E-state index contributed by atoms with van der Waals surface area (Å²) in [5, 5.41) is 2.25. The van der Waals surface area contributed by atoms with Gasteiger partial charge in [-0.1, -0.05) is 6.58 Å². The summed E-state index contributed by atoms with van der Waals surface area (Å²) < 4.78 is 0. The Morgan fingerprint density at radius 1 is 1.71 bits per heavy atom. The van der Waals surface area contributed by atoms with Gasteiger partial charge in [-0.2, -0.15) is 0 Å². The lowest BCUT2D eigenvalue weighted by atomic mass is 10.8. The third kappa shape index (κ3) is 0.623. The Morgan fingerprint density at radius 3 is 2.57 bits per heavy atom. The highest BCUT2D eigenvalue weighted by atomic mass is 16.7. The van der Waals surface area contributed by atoms with E-state index < -0.39 is 6.09 Å². The van der Waals surface area contributed by atoms with Crippen molar-refractivity contribution in [3.63, 3.8) is 0 Å². The van der Waals surface area contributed by atoms with Gasteiger partial charge < -0.3 is 4.84 Å². The molecule has 4 heteroatoms. The number of amides is 1. The normalized spacial score (nSPS) is 17.7. The molecule has 0 bridgehead atoms. The van der Waals surface area contributed by atoms with E-state index in [1.807, 2.05) is 0 Å². The van der Waals surface area contributed by atoms with Gasteiger partial charge in [-0.05, 0) is 0 Å². The van der Waals surface area contributed by atoms with Crippen LogP contribution in [0.15, 0.2) is 12.4 Å². The molecular weight excluding hydrogens is 96.0 g/mol. The third-order valence-corrected chi connectivity index (χ3v) is 0.520. The first-order chi connectivity index (χ1) is 3.29. The number of hydrogen-bond acceptors (Lipinski definition) is 3. The van der Waals surface area contributed by atoms with Crippen molar-refractivity contribution >= 4 is 6.09 Å². The summed E-state index contributed by atoms with van der Waals surface area (Å²) in [5.74, 6) is 0.380. The maximum Gasteiger partial charge on any atom is 0.437 e. The maximum absolute atomic E-state index is 10.00. The van der Waals surface area contributed by atoms with Crippen molar-refractivity contribution < 1.29 is 9.63 Å². The second kappa shape index (κ2) is 1.14. The van der Waals surface area contributed by atoms with Gasteiger partial charge in [0.05, 0.1) is 0 Å². The Kier molecular flexibility index (Phi) is 0.651. The van der Waals surface area contributed by atoms with E-state index in [0.717, 1.165) is 0 Å². The summed E-state index contributed by atoms with van der Waals surface area (Å²) in [4.78, 5) is 14.2. The van der Waals surface area contributed by atoms with Gasteiger partial charge in [-0.15, -0.1) is 0 Å². The Bertz CT molecular complexity index is 106. The molecule has 1 rings (SSSR count). The minimum Gasteiger partial charge on any atom is -0.323 e. The summed E-state index contributed by atoms with van der Waals surface area (Å²) in [7, 11) is 0. The van der Waals surface area contributed by atoms with Crippen LogP contribution < -0.4 is 10.8 Å². The van der Waals surface area contributed by atoms with Gasteiger partial charge in [0.2, 0.25) is 0 Å². The number of hydroxylamine groups is 1. The largest absolute Gasteiger partial charge is 0.437 e. The Balaban J connectivity index is 2.55. The van der Waals surface area contributed by atoms with Crippen molar-refractivity contribution in [3.05, 3.63) is 12.4 Å². The zero-order chi connectivity index (χ0) is 5.28. The fraction of sp³-hybridized carbons (Fsp3) is 0. The summed E-state index contributed by atoms with van der Waals surface area (Å²) in [6.07, 6.45) is -0.509. The lowest BCUT2D eigenvalue weighted by Crippen LogP contribution is -2.10. The third-order valence-electron chi connectivity index (χ3n) is 0.520. The van der Waals surface area contributed by atoms with Gasteiger partial charge in [-0.25, -0.2) is 10.3 Å². The molecule has 0 saturated carbocycles. The standard InChI is InChI=1S/C3H4N2O2/c1-2-4-3(6)7-5-2/h5H,1H2,(H,4,6). The fourth-order valence-electron chi connectivity index (χ4n) is 0.282. The minimum absolute atomic E-state index is 0.380. The average Bonchev–Trinajstić information content (AvgIpc) is 1.87. The number of rotatable bonds is 0. The van der Waals surface area contributed by atoms with E-state index in [1.165, 1.54) is 0 Å². The van der Waals surface area contributed by atoms with Crippen molar-refractivity contribution in [1.29, 1.82) is 0 Å². The highest BCUT2D eigenvalue weighted by Gasteiger charge is 2.10. The lowest BCUT2D eigenvalue weighted by molar-refractivity contribution is 0.138. The van der Waals surface area contributed by atoms with E-state index in [0.29, 0.717) is 5.82 Å². The first-order valence-electron chi connectivity index (χ1n) is 1.72. The van der Waals surface area contributed by atoms with Crippen LogP contribution in [0.4, 0.5) is 4.79 Å². The summed E-state index contributed by atoms with van der Waals surface area (Å²) in [6, 6.07) is 0. The summed E-state index contributed by atoms with van der Waals surface area (Å²) >= 11 is 0. The van der Waals surface area contributed by atoms with Crippen LogP contribution in [0.3, 0.4) is 0 Å². The molecule has 0 aromatic carbocycles. The molecule has 1 heterocycles. The van der Waals surface area contributed by atoms with Crippen molar-refractivity contribution in [1.82, 2.24) is 10.8 Å². The number of nitrogens with one attached hydrogen (secondary N) is 2. The molecule has 0 aliphatic carbocycles. The van der Waals surface area contributed by atoms with Crippen molar-refractivity contribution in [2.24, 2.45) is 0 Å². The van der Waals surface area contributed by atoms with E-state index in [2.05, 4.69) is 22.2 Å². The topological polar surface area (TPSA) is 50.4 Å². The van der Waals surface area contributed by atoms with Crippen LogP contribution in [0.25, 0.3) is 0 Å². The molecule has 1 fully saturated rings. The molecular formula is C3H4N2O2. The first-order valence-corrected chi connectivity index (χ1v) is 1.72. The van der Waals surface area contributed by atoms with Crippen LogP contribution >= 0.6 is 0 Å². The van der Waals surface area contributed by atoms with Crippen molar-refractivity contribution in [2.75, 3.05) is 0 Å². The smallest absolute Gasteiger partial charge is 0.323 e. The van der Waals surface area contributed by atoms with Gasteiger partial charge in [-0.3, -0.25) is 5.32 Å². The van der Waals surface area contributed by atoms with Crippen LogP contribution in [0, 0.1) is 0 Å². The molecule has 0 radical (unpaired) electrons. The molecule has 4 nitrogen and oxygen atoms in total. The molecule has 0 unspecified atom stereocenters. The predicted molar refractivity (Wildman–Crippen MR) is 21.9 cm³/mol. The highest BCUT2D eigenvalue weighted by Crippen LogP contribution is 1.87. The van der Waals surface area contributed by atoms with Gasteiger partial charge in [0.25, 0.3) is 0 Å². The average molecular weight is 100 g/mol. The van der Waals surface area contributed by atoms with Crippen LogP contribution in [0.5, 0.6) is 0 Å². The zero-order valence-corrected chi connectivity index (χ0v) is 3.52. The van der Waals surface area contributed by atoms with Gasteiger partial charge in [0, 0.05) is 0 Å². The minimum atomic E-state index is -0.509. The molecule has 1 saturated heterocycles. The SMILES string of the molecule is C=C1NOC(=O)N1. The fourth-order valence-corrected chi connectivity index (χ4v) is 0.282. The Hall–Kier alpha value is -1.19. The summed E-state index contributed by atoms with van der Waals surface area (Å²) in [6.45, 7) is 3.34. The van der Waals surface area contributed by atoms with Crippen LogP contribution in [-0.2, 0) is 4.84 Å². The molecule has 0 spiro atoms. The summed E-state index contributed by atoms with van der Waals surface area (Å²) in [5.41, 5.74) is 2.21. The predicted octanol–water partition coefficient (Wildman–Crippen LogP) is -0.298. The van der Waals surface area contributed by atoms with E-state index in [1.54, 1.807) is 0 Å². The Labute approximate surface area is 40.1 Å². The molecule has 7 heavy (non-hydrogen) atoms. The second-order valence-electron chi connectivity index (χ2n) is 1.10. The highest BCUT2D eigenvalue weighted by molar-refractivity contribution is 5.70. The van der Waals surface area contributed by atoms with Crippen molar-refractivity contribution in [2.45, 2.75) is 0 Å².